The average molecular weight is 364 g/mol. The minimum Gasteiger partial charge on any atom is -0.385 e. The molecule has 4 nitrogen and oxygen atoms in total. The number of likely N-dealkylation sites (N-methyl/N-ethyl adjacent to an activating group) is 1. The second kappa shape index (κ2) is 7.02. The maximum atomic E-state index is 12.3. The first-order chi connectivity index (χ1) is 12.6. The number of benzene rings is 1. The van der Waals surface area contributed by atoms with E-state index < -0.39 is 6.10 Å². The van der Waals surface area contributed by atoms with Crippen LogP contribution in [0.4, 0.5) is 0 Å². The third-order valence-corrected chi connectivity index (χ3v) is 6.27. The van der Waals surface area contributed by atoms with E-state index in [1.165, 1.54) is 0 Å². The van der Waals surface area contributed by atoms with Crippen molar-refractivity contribution in [3.8, 4) is 10.4 Å². The summed E-state index contributed by atoms with van der Waals surface area (Å²) in [7, 11) is 1.79. The summed E-state index contributed by atoms with van der Waals surface area (Å²) in [6, 6.07) is 17.6. The molecule has 4 rings (SSSR count). The fourth-order valence-electron chi connectivity index (χ4n) is 3.68. The van der Waals surface area contributed by atoms with Gasteiger partial charge in [0, 0.05) is 47.1 Å². The van der Waals surface area contributed by atoms with Crippen LogP contribution >= 0.6 is 11.3 Å². The number of rotatable bonds is 4. The molecule has 3 heterocycles. The van der Waals surface area contributed by atoms with Gasteiger partial charge in [-0.3, -0.25) is 9.78 Å². The number of nitrogens with zero attached hydrogens (tertiary/aromatic N) is 2. The van der Waals surface area contributed by atoms with Crippen LogP contribution in [0.25, 0.3) is 10.4 Å². The zero-order chi connectivity index (χ0) is 18.1. The van der Waals surface area contributed by atoms with Gasteiger partial charge in [-0.15, -0.1) is 11.3 Å². The van der Waals surface area contributed by atoms with E-state index in [0.717, 1.165) is 20.9 Å². The molecule has 0 aliphatic carbocycles. The quantitative estimate of drug-likeness (QED) is 0.765. The number of aliphatic hydroxyl groups excluding tert-OH is 1. The number of aromatic nitrogens is 1. The molecule has 0 radical (unpaired) electrons. The van der Waals surface area contributed by atoms with Crippen molar-refractivity contribution in [2.75, 3.05) is 7.05 Å². The van der Waals surface area contributed by atoms with Crippen LogP contribution in [0.2, 0.25) is 0 Å². The van der Waals surface area contributed by atoms with Crippen LogP contribution in [0, 0.1) is 0 Å². The summed E-state index contributed by atoms with van der Waals surface area (Å²) < 4.78 is 0. The molecule has 1 fully saturated rings. The summed E-state index contributed by atoms with van der Waals surface area (Å²) in [5.41, 5.74) is 2.13. The highest BCUT2D eigenvalue weighted by atomic mass is 32.1. The molecule has 0 bridgehead atoms. The minimum atomic E-state index is -0.716. The molecule has 5 heteroatoms. The molecule has 1 saturated heterocycles. The van der Waals surface area contributed by atoms with Crippen LogP contribution in [0.1, 0.15) is 28.9 Å². The Kier molecular flexibility index (Phi) is 4.57. The number of hydrogen-bond acceptors (Lipinski definition) is 4. The SMILES string of the molecule is CN1C(=O)C[C@H](c2ccccc2)[C@@H]1[C@H](O)c1ccc(-c2cccnc2)s1. The Hall–Kier alpha value is -2.50. The fraction of sp³-hybridized carbons (Fsp3) is 0.238. The summed E-state index contributed by atoms with van der Waals surface area (Å²) in [6.07, 6.45) is 3.28. The van der Waals surface area contributed by atoms with Crippen LogP contribution in [0.3, 0.4) is 0 Å². The van der Waals surface area contributed by atoms with Crippen molar-refractivity contribution >= 4 is 17.2 Å². The third kappa shape index (κ3) is 3.04. The number of pyridine rings is 1. The Balaban J connectivity index is 1.64. The summed E-state index contributed by atoms with van der Waals surface area (Å²) >= 11 is 1.55. The number of hydrogen-bond donors (Lipinski definition) is 1. The number of likely N-dealkylation sites (tertiary alicyclic amines) is 1. The zero-order valence-corrected chi connectivity index (χ0v) is 15.3. The number of carbonyl (C=O) groups excluding carboxylic acids is 1. The number of carbonyl (C=O) groups is 1. The van der Waals surface area contributed by atoms with Crippen molar-refractivity contribution in [1.29, 1.82) is 0 Å². The van der Waals surface area contributed by atoms with Gasteiger partial charge in [0.25, 0.3) is 0 Å². The van der Waals surface area contributed by atoms with E-state index in [-0.39, 0.29) is 17.9 Å². The highest BCUT2D eigenvalue weighted by Gasteiger charge is 2.43. The topological polar surface area (TPSA) is 53.4 Å². The Labute approximate surface area is 156 Å². The Morgan fingerprint density at radius 1 is 1.15 bits per heavy atom. The highest BCUT2D eigenvalue weighted by Crippen LogP contribution is 2.42. The van der Waals surface area contributed by atoms with Gasteiger partial charge in [0.2, 0.25) is 5.91 Å². The van der Waals surface area contributed by atoms with Gasteiger partial charge >= 0.3 is 0 Å². The number of amides is 1. The maximum Gasteiger partial charge on any atom is 0.223 e. The van der Waals surface area contributed by atoms with E-state index in [0.29, 0.717) is 6.42 Å². The first-order valence-corrected chi connectivity index (χ1v) is 9.45. The Morgan fingerprint density at radius 2 is 1.96 bits per heavy atom. The van der Waals surface area contributed by atoms with Crippen molar-refractivity contribution in [3.63, 3.8) is 0 Å². The molecule has 1 N–H and O–H groups in total. The van der Waals surface area contributed by atoms with Crippen molar-refractivity contribution in [1.82, 2.24) is 9.88 Å². The number of thiophene rings is 1. The van der Waals surface area contributed by atoms with Crippen LogP contribution in [-0.4, -0.2) is 34.0 Å². The van der Waals surface area contributed by atoms with Crippen LogP contribution in [0.5, 0.6) is 0 Å². The van der Waals surface area contributed by atoms with E-state index in [9.17, 15) is 9.90 Å². The lowest BCUT2D eigenvalue weighted by Crippen LogP contribution is -2.36. The summed E-state index contributed by atoms with van der Waals surface area (Å²) in [4.78, 5) is 20.1. The molecular formula is C21H20N2O2S. The third-order valence-electron chi connectivity index (χ3n) is 5.06. The fourth-order valence-corrected chi connectivity index (χ4v) is 4.70. The normalized spacial score (nSPS) is 21.2. The predicted molar refractivity (Wildman–Crippen MR) is 103 cm³/mol. The van der Waals surface area contributed by atoms with Crippen LogP contribution in [0.15, 0.2) is 67.0 Å². The van der Waals surface area contributed by atoms with E-state index in [1.807, 2.05) is 60.8 Å². The van der Waals surface area contributed by atoms with Gasteiger partial charge in [0.15, 0.2) is 0 Å². The molecule has 0 unspecified atom stereocenters. The summed E-state index contributed by atoms with van der Waals surface area (Å²) in [5, 5.41) is 11.1. The van der Waals surface area contributed by atoms with Crippen molar-refractivity contribution in [2.45, 2.75) is 24.5 Å². The van der Waals surface area contributed by atoms with E-state index in [1.54, 1.807) is 29.5 Å². The van der Waals surface area contributed by atoms with E-state index in [2.05, 4.69) is 4.98 Å². The second-order valence-corrected chi connectivity index (χ2v) is 7.72. The first-order valence-electron chi connectivity index (χ1n) is 8.64. The lowest BCUT2D eigenvalue weighted by atomic mass is 9.88. The molecule has 132 valence electrons. The molecule has 3 atom stereocenters. The number of aliphatic hydroxyl groups is 1. The summed E-state index contributed by atoms with van der Waals surface area (Å²) in [5.74, 6) is 0.0691. The van der Waals surface area contributed by atoms with Gasteiger partial charge < -0.3 is 10.0 Å². The highest BCUT2D eigenvalue weighted by molar-refractivity contribution is 7.15. The van der Waals surface area contributed by atoms with Gasteiger partial charge in [-0.25, -0.2) is 0 Å². The van der Waals surface area contributed by atoms with Crippen molar-refractivity contribution in [2.24, 2.45) is 0 Å². The molecule has 0 spiro atoms. The molecule has 1 aliphatic rings. The molecule has 0 saturated carbocycles. The predicted octanol–water partition coefficient (Wildman–Crippen LogP) is 3.86. The summed E-state index contributed by atoms with van der Waals surface area (Å²) in [6.45, 7) is 0. The molecule has 1 aliphatic heterocycles. The van der Waals surface area contributed by atoms with Gasteiger partial charge in [0.05, 0.1) is 6.04 Å². The molecular weight excluding hydrogens is 344 g/mol. The first kappa shape index (κ1) is 16.9. The van der Waals surface area contributed by atoms with Gasteiger partial charge in [0.1, 0.15) is 6.10 Å². The second-order valence-electron chi connectivity index (χ2n) is 6.61. The van der Waals surface area contributed by atoms with Gasteiger partial charge in [-0.05, 0) is 23.8 Å². The average Bonchev–Trinajstić information content (AvgIpc) is 3.29. The maximum absolute atomic E-state index is 12.3. The molecule has 2 aromatic heterocycles. The Morgan fingerprint density at radius 3 is 2.69 bits per heavy atom. The molecule has 3 aromatic rings. The van der Waals surface area contributed by atoms with Crippen molar-refractivity contribution in [3.05, 3.63) is 77.4 Å². The standard InChI is InChI=1S/C21H20N2O2S/c1-23-19(24)12-16(14-6-3-2-4-7-14)20(23)21(25)18-10-9-17(26-18)15-8-5-11-22-13-15/h2-11,13,16,20-21,25H,12H2,1H3/t16-,20-,21-/m1/s1. The van der Waals surface area contributed by atoms with Crippen LogP contribution in [-0.2, 0) is 4.79 Å². The molecule has 1 aromatic carbocycles. The lowest BCUT2D eigenvalue weighted by molar-refractivity contribution is -0.128. The lowest BCUT2D eigenvalue weighted by Gasteiger charge is -2.29. The smallest absolute Gasteiger partial charge is 0.223 e. The van der Waals surface area contributed by atoms with Crippen molar-refractivity contribution < 1.29 is 9.90 Å². The Bertz CT molecular complexity index is 895. The minimum absolute atomic E-state index is 0.00681. The van der Waals surface area contributed by atoms with Gasteiger partial charge in [-0.2, -0.15) is 0 Å². The van der Waals surface area contributed by atoms with Crippen LogP contribution < -0.4 is 0 Å². The molecule has 26 heavy (non-hydrogen) atoms. The zero-order valence-electron chi connectivity index (χ0n) is 14.4. The van der Waals surface area contributed by atoms with E-state index in [4.69, 9.17) is 0 Å². The van der Waals surface area contributed by atoms with E-state index >= 15 is 0 Å². The molecule has 1 amide bonds. The largest absolute Gasteiger partial charge is 0.385 e. The monoisotopic (exact) mass is 364 g/mol. The van der Waals surface area contributed by atoms with Gasteiger partial charge in [-0.1, -0.05) is 36.4 Å².